The van der Waals surface area contributed by atoms with Crippen LogP contribution >= 0.6 is 24.8 Å². The molecule has 0 aliphatic rings. The zero-order chi connectivity index (χ0) is 47.1. The lowest BCUT2D eigenvalue weighted by molar-refractivity contribution is -0.145. The lowest BCUT2D eigenvalue weighted by Crippen LogP contribution is -2.42. The number of rotatable bonds is 21. The molecule has 350 valence electrons. The molecule has 4 aromatic carbocycles. The minimum absolute atomic E-state index is 0. The van der Waals surface area contributed by atoms with Gasteiger partial charge in [0.1, 0.15) is 48.3 Å². The summed E-state index contributed by atoms with van der Waals surface area (Å²) in [7, 11) is 0. The van der Waals surface area contributed by atoms with E-state index in [2.05, 4.69) is 20.6 Å². The van der Waals surface area contributed by atoms with Gasteiger partial charge in [-0.15, -0.1) is 24.8 Å². The van der Waals surface area contributed by atoms with Gasteiger partial charge in [-0.3, -0.25) is 19.2 Å². The lowest BCUT2D eigenvalue weighted by atomic mass is 10.1. The van der Waals surface area contributed by atoms with Crippen LogP contribution in [0.3, 0.4) is 0 Å². The van der Waals surface area contributed by atoms with E-state index in [0.717, 1.165) is 24.3 Å². The van der Waals surface area contributed by atoms with Gasteiger partial charge in [0.15, 0.2) is 11.9 Å². The number of aliphatic imine (C=N–C) groups is 2. The van der Waals surface area contributed by atoms with Gasteiger partial charge in [-0.1, -0.05) is 0 Å². The number of ether oxygens (including phenoxy) is 4. The fourth-order valence-corrected chi connectivity index (χ4v) is 5.22. The summed E-state index contributed by atoms with van der Waals surface area (Å²) in [6.45, 7) is -0.705. The topological polar surface area (TPSA) is 407 Å². The minimum atomic E-state index is -1.84. The Hall–Kier alpha value is -8.64. The number of amides is 2. The molecule has 0 radical (unpaired) electrons. The molecule has 0 unspecified atom stereocenters. The molecule has 0 saturated carbocycles. The second-order valence-electron chi connectivity index (χ2n) is 13.0. The van der Waals surface area contributed by atoms with Crippen molar-refractivity contribution in [1.29, 1.82) is 0 Å². The molecule has 0 spiro atoms. The average molecular weight is 960 g/mol. The van der Waals surface area contributed by atoms with Crippen molar-refractivity contribution in [3.05, 3.63) is 107 Å². The number of benzene rings is 4. The predicted octanol–water partition coefficient (Wildman–Crippen LogP) is 1.55. The average Bonchev–Trinajstić information content (AvgIpc) is 3.21. The molecule has 2 amide bonds. The maximum Gasteiger partial charge on any atom is 0.343 e. The Morgan fingerprint density at radius 2 is 0.803 bits per heavy atom. The minimum Gasteiger partial charge on any atom is -0.490 e. The Morgan fingerprint density at radius 1 is 0.485 bits per heavy atom. The number of carboxylic acids is 4. The summed E-state index contributed by atoms with van der Waals surface area (Å²) in [5.41, 5.74) is 21.6. The van der Waals surface area contributed by atoms with Crippen molar-refractivity contribution in [3.8, 4) is 23.0 Å². The summed E-state index contributed by atoms with van der Waals surface area (Å²) in [6.07, 6.45) is -1.93. The summed E-state index contributed by atoms with van der Waals surface area (Å²) in [5.74, 6) is -11.6. The number of hydrogen-bond acceptors (Lipinski definition) is 14. The molecule has 0 fully saturated rings. The van der Waals surface area contributed by atoms with E-state index in [1.165, 1.54) is 60.7 Å². The molecule has 66 heavy (non-hydrogen) atoms. The van der Waals surface area contributed by atoms with Crippen molar-refractivity contribution in [1.82, 2.24) is 10.6 Å². The van der Waals surface area contributed by atoms with Crippen molar-refractivity contribution >= 4 is 95.7 Å². The van der Waals surface area contributed by atoms with E-state index in [4.69, 9.17) is 52.1 Å². The van der Waals surface area contributed by atoms with Crippen molar-refractivity contribution in [3.63, 3.8) is 0 Å². The van der Waals surface area contributed by atoms with Gasteiger partial charge in [-0.05, 0) is 72.8 Å². The highest BCUT2D eigenvalue weighted by Crippen LogP contribution is 2.27. The number of nitrogens with one attached hydrogen (secondary N) is 2. The molecule has 0 bridgehead atoms. The van der Waals surface area contributed by atoms with Crippen LogP contribution in [0.2, 0.25) is 0 Å². The molecule has 14 N–H and O–H groups in total. The normalized spacial score (nSPS) is 11.0. The highest BCUT2D eigenvalue weighted by molar-refractivity contribution is 6.00. The summed E-state index contributed by atoms with van der Waals surface area (Å²) < 4.78 is 22.4. The number of halogens is 2. The Bertz CT molecular complexity index is 2340. The van der Waals surface area contributed by atoms with Gasteiger partial charge in [-0.2, -0.15) is 0 Å². The van der Waals surface area contributed by atoms with Crippen LogP contribution in [0.1, 0.15) is 54.3 Å². The van der Waals surface area contributed by atoms with E-state index in [0.29, 0.717) is 11.4 Å². The number of carbonyl (C=O) groups excluding carboxylic acids is 4. The van der Waals surface area contributed by atoms with Crippen LogP contribution in [0.5, 0.6) is 23.0 Å². The molecule has 0 aliphatic carbocycles. The summed E-state index contributed by atoms with van der Waals surface area (Å²) in [6, 6.07) is 14.1. The van der Waals surface area contributed by atoms with Crippen LogP contribution in [-0.2, 0) is 19.2 Å². The number of nitrogens with two attached hydrogens (primary N) is 4. The van der Waals surface area contributed by atoms with E-state index in [9.17, 15) is 48.6 Å². The van der Waals surface area contributed by atoms with Crippen molar-refractivity contribution in [2.24, 2.45) is 32.9 Å². The largest absolute Gasteiger partial charge is 0.490 e. The van der Waals surface area contributed by atoms with E-state index >= 15 is 0 Å². The quantitative estimate of drug-likeness (QED) is 0.0186. The molecule has 2 atom stereocenters. The molecular formula is C40H40Cl2N8O16. The first kappa shape index (κ1) is 53.5. The van der Waals surface area contributed by atoms with Gasteiger partial charge < -0.3 is 72.9 Å². The SMILES string of the molecule is Cl.Cl.NC(N)=Nc1ccc(C(=O)Oc2cc(OCCOc3cc(OC(=O)c4ccc(N=C(N)N)cc4)cc(C(=O)N[C@H](CC(=O)O)C(=O)O)c3)cc(C(=O)N[C@H](CC(=O)O)C(=O)O)c2)cc1. The molecule has 4 rings (SSSR count). The van der Waals surface area contributed by atoms with Gasteiger partial charge in [0, 0.05) is 23.3 Å². The van der Waals surface area contributed by atoms with Crippen LogP contribution in [-0.4, -0.2) is 105 Å². The third-order valence-electron chi connectivity index (χ3n) is 8.01. The number of nitrogens with zero attached hydrogens (tertiary/aromatic N) is 2. The Balaban J connectivity index is 0.00000748. The molecule has 0 saturated heterocycles. The molecule has 0 aliphatic heterocycles. The Labute approximate surface area is 384 Å². The smallest absolute Gasteiger partial charge is 0.343 e. The van der Waals surface area contributed by atoms with Gasteiger partial charge in [0.25, 0.3) is 11.8 Å². The number of guanidine groups is 2. The second kappa shape index (κ2) is 24.9. The first-order valence-electron chi connectivity index (χ1n) is 18.2. The van der Waals surface area contributed by atoms with Crippen molar-refractivity contribution in [2.75, 3.05) is 13.2 Å². The van der Waals surface area contributed by atoms with Crippen molar-refractivity contribution < 1.29 is 77.7 Å². The van der Waals surface area contributed by atoms with E-state index < -0.39 is 72.6 Å². The zero-order valence-electron chi connectivity index (χ0n) is 33.8. The van der Waals surface area contributed by atoms with E-state index in [-0.39, 0.29) is 95.2 Å². The van der Waals surface area contributed by atoms with E-state index in [1.807, 2.05) is 0 Å². The monoisotopic (exact) mass is 958 g/mol. The Morgan fingerprint density at radius 3 is 1.09 bits per heavy atom. The predicted molar refractivity (Wildman–Crippen MR) is 234 cm³/mol. The molecule has 0 aromatic heterocycles. The number of carboxylic acid groups (broad SMARTS) is 4. The molecule has 0 heterocycles. The second-order valence-corrected chi connectivity index (χ2v) is 13.0. The van der Waals surface area contributed by atoms with Crippen LogP contribution in [0.25, 0.3) is 0 Å². The van der Waals surface area contributed by atoms with Crippen molar-refractivity contribution in [2.45, 2.75) is 24.9 Å². The summed E-state index contributed by atoms with van der Waals surface area (Å²) in [5, 5.41) is 41.3. The molecule has 26 heteroatoms. The highest BCUT2D eigenvalue weighted by Gasteiger charge is 2.26. The van der Waals surface area contributed by atoms with Crippen LogP contribution in [0.15, 0.2) is 94.9 Å². The van der Waals surface area contributed by atoms with Gasteiger partial charge >= 0.3 is 35.8 Å². The molecular weight excluding hydrogens is 919 g/mol. The summed E-state index contributed by atoms with van der Waals surface area (Å²) in [4.78, 5) is 106. The third-order valence-corrected chi connectivity index (χ3v) is 8.01. The number of aliphatic carboxylic acids is 4. The summed E-state index contributed by atoms with van der Waals surface area (Å²) >= 11 is 0. The zero-order valence-corrected chi connectivity index (χ0v) is 35.4. The first-order chi connectivity index (χ1) is 30.3. The van der Waals surface area contributed by atoms with Crippen LogP contribution < -0.4 is 52.5 Å². The third kappa shape index (κ3) is 16.9. The fourth-order valence-electron chi connectivity index (χ4n) is 5.22. The number of esters is 2. The van der Waals surface area contributed by atoms with Gasteiger partial charge in [0.05, 0.1) is 35.3 Å². The number of carbonyl (C=O) groups is 8. The first-order valence-corrected chi connectivity index (χ1v) is 18.2. The number of hydrogen-bond donors (Lipinski definition) is 10. The van der Waals surface area contributed by atoms with Crippen LogP contribution in [0, 0.1) is 0 Å². The maximum absolute atomic E-state index is 13.2. The van der Waals surface area contributed by atoms with Gasteiger partial charge in [-0.25, -0.2) is 29.2 Å². The highest BCUT2D eigenvalue weighted by atomic mass is 35.5. The fraction of sp³-hybridized carbons (Fsp3) is 0.150. The Kier molecular flexibility index (Phi) is 20.1. The van der Waals surface area contributed by atoms with E-state index in [1.54, 1.807) is 0 Å². The maximum atomic E-state index is 13.2. The van der Waals surface area contributed by atoms with Gasteiger partial charge in [0.2, 0.25) is 0 Å². The molecule has 4 aromatic rings. The standard InChI is InChI=1S/C40H38N8O16.2ClH/c41-39(42)45-23-5-1-19(2-6-23)37(59)63-27-13-21(33(53)47-29(35(55)56)17-31(49)50)11-25(15-27)61-9-10-62-26-12-22(34(54)48-30(36(57)58)18-32(51)52)14-28(16-26)64-38(60)20-3-7-24(8-4-20)46-40(43)44;;/h1-8,11-16,29-30H,9-10,17-18H2,(H,47,53)(H,48,54)(H,49,50)(H,51,52)(H,55,56)(H,57,58)(H4,41,42,45)(H4,43,44,46);2*1H/t29-,30-;;/m1../s1. The molecule has 24 nitrogen and oxygen atoms in total. The lowest BCUT2D eigenvalue weighted by Gasteiger charge is -2.16. The van der Waals surface area contributed by atoms with Crippen LogP contribution in [0.4, 0.5) is 11.4 Å².